The molecule has 0 bridgehead atoms. The van der Waals surface area contributed by atoms with E-state index in [2.05, 4.69) is 25.9 Å². The van der Waals surface area contributed by atoms with Crippen LogP contribution in [-0.4, -0.2) is 29.9 Å². The molecule has 2 aromatic carbocycles. The molecule has 1 heterocycles. The van der Waals surface area contributed by atoms with Gasteiger partial charge < -0.3 is 20.9 Å². The van der Waals surface area contributed by atoms with Crippen molar-refractivity contribution < 1.29 is 9.18 Å². The maximum absolute atomic E-state index is 13.5. The summed E-state index contributed by atoms with van der Waals surface area (Å²) in [5.74, 6) is 0.445. The summed E-state index contributed by atoms with van der Waals surface area (Å²) in [4.78, 5) is 19.6. The van der Waals surface area contributed by atoms with Crippen LogP contribution in [0.2, 0.25) is 0 Å². The van der Waals surface area contributed by atoms with Crippen molar-refractivity contribution in [2.45, 2.75) is 33.7 Å². The van der Waals surface area contributed by atoms with Gasteiger partial charge in [0.1, 0.15) is 5.82 Å². The summed E-state index contributed by atoms with van der Waals surface area (Å²) >= 11 is 0. The Balaban J connectivity index is 1.56. The lowest BCUT2D eigenvalue weighted by Crippen LogP contribution is -2.38. The van der Waals surface area contributed by atoms with E-state index in [4.69, 9.17) is 0 Å². The van der Waals surface area contributed by atoms with Crippen LogP contribution in [0.3, 0.4) is 0 Å². The van der Waals surface area contributed by atoms with Gasteiger partial charge in [-0.05, 0) is 54.8 Å². The first-order valence-electron chi connectivity index (χ1n) is 10.6. The topological polar surface area (TPSA) is 81.3 Å². The standard InChI is InChI=1S/C24H30FN5O/c1-4-26-24(27-12-11-18-15-28-22-10-7-19(25)13-21(18)22)29-14-17-5-8-20(9-6-17)30-23(31)16(2)3/h5-10,13,15-16,28H,4,11-12,14H2,1-3H3,(H,30,31)(H2,26,27,29). The summed E-state index contributed by atoms with van der Waals surface area (Å²) in [5, 5.41) is 10.4. The van der Waals surface area contributed by atoms with Gasteiger partial charge in [0.25, 0.3) is 0 Å². The van der Waals surface area contributed by atoms with Gasteiger partial charge in [-0.3, -0.25) is 4.79 Å². The molecule has 3 aromatic rings. The van der Waals surface area contributed by atoms with E-state index in [0.29, 0.717) is 13.1 Å². The van der Waals surface area contributed by atoms with Gasteiger partial charge in [-0.1, -0.05) is 26.0 Å². The molecule has 3 rings (SSSR count). The molecule has 4 N–H and O–H groups in total. The average molecular weight is 424 g/mol. The summed E-state index contributed by atoms with van der Waals surface area (Å²) < 4.78 is 13.5. The van der Waals surface area contributed by atoms with Gasteiger partial charge in [-0.25, -0.2) is 9.38 Å². The number of anilines is 1. The molecule has 0 radical (unpaired) electrons. The highest BCUT2D eigenvalue weighted by atomic mass is 19.1. The third kappa shape index (κ3) is 6.31. The van der Waals surface area contributed by atoms with Gasteiger partial charge in [-0.15, -0.1) is 0 Å². The summed E-state index contributed by atoms with van der Waals surface area (Å²) in [6.07, 6.45) is 2.67. The van der Waals surface area contributed by atoms with Crippen LogP contribution < -0.4 is 16.0 Å². The Kier molecular flexibility index (Phi) is 7.65. The van der Waals surface area contributed by atoms with Crippen LogP contribution in [-0.2, 0) is 17.8 Å². The number of aliphatic imine (C=N–C) groups is 1. The number of aromatic nitrogens is 1. The average Bonchev–Trinajstić information content (AvgIpc) is 3.15. The SMILES string of the molecule is CCNC(=NCc1ccc(NC(=O)C(C)C)cc1)NCCc1c[nH]c2ccc(F)cc12. The Morgan fingerprint density at radius 1 is 1.13 bits per heavy atom. The third-order valence-corrected chi connectivity index (χ3v) is 4.93. The van der Waals surface area contributed by atoms with Crippen molar-refractivity contribution in [1.29, 1.82) is 0 Å². The molecular formula is C24H30FN5O. The van der Waals surface area contributed by atoms with Crippen molar-refractivity contribution in [3.05, 3.63) is 65.6 Å². The van der Waals surface area contributed by atoms with Gasteiger partial charge in [-0.2, -0.15) is 0 Å². The summed E-state index contributed by atoms with van der Waals surface area (Å²) in [5.41, 5.74) is 3.83. The van der Waals surface area contributed by atoms with Gasteiger partial charge >= 0.3 is 0 Å². The Morgan fingerprint density at radius 3 is 2.61 bits per heavy atom. The Bertz CT molecular complexity index is 1040. The maximum Gasteiger partial charge on any atom is 0.226 e. The van der Waals surface area contributed by atoms with E-state index in [0.717, 1.165) is 46.6 Å². The predicted octanol–water partition coefficient (Wildman–Crippen LogP) is 4.20. The van der Waals surface area contributed by atoms with Crippen molar-refractivity contribution in [2.24, 2.45) is 10.9 Å². The second-order valence-corrected chi connectivity index (χ2v) is 7.72. The Morgan fingerprint density at radius 2 is 1.90 bits per heavy atom. The predicted molar refractivity (Wildman–Crippen MR) is 125 cm³/mol. The number of carbonyl (C=O) groups excluding carboxylic acids is 1. The lowest BCUT2D eigenvalue weighted by Gasteiger charge is -2.11. The number of hydrogen-bond donors (Lipinski definition) is 4. The first-order chi connectivity index (χ1) is 15.0. The lowest BCUT2D eigenvalue weighted by molar-refractivity contribution is -0.118. The quantitative estimate of drug-likeness (QED) is 0.324. The fourth-order valence-corrected chi connectivity index (χ4v) is 3.17. The zero-order valence-corrected chi connectivity index (χ0v) is 18.3. The molecule has 164 valence electrons. The number of hydrogen-bond acceptors (Lipinski definition) is 2. The number of guanidine groups is 1. The number of amides is 1. The molecule has 0 saturated heterocycles. The molecule has 0 aliphatic heterocycles. The molecule has 1 amide bonds. The van der Waals surface area contributed by atoms with Crippen molar-refractivity contribution in [3.63, 3.8) is 0 Å². The molecule has 7 heteroatoms. The number of nitrogens with one attached hydrogen (secondary N) is 4. The highest BCUT2D eigenvalue weighted by Gasteiger charge is 2.07. The molecule has 0 atom stereocenters. The van der Waals surface area contributed by atoms with Crippen LogP contribution in [0.15, 0.2) is 53.7 Å². The van der Waals surface area contributed by atoms with Crippen molar-refractivity contribution in [1.82, 2.24) is 15.6 Å². The highest BCUT2D eigenvalue weighted by molar-refractivity contribution is 5.92. The number of aromatic amines is 1. The van der Waals surface area contributed by atoms with Crippen LogP contribution >= 0.6 is 0 Å². The normalized spacial score (nSPS) is 11.7. The largest absolute Gasteiger partial charge is 0.361 e. The van der Waals surface area contributed by atoms with Gasteiger partial charge in [0, 0.05) is 41.8 Å². The lowest BCUT2D eigenvalue weighted by atomic mass is 10.1. The molecule has 31 heavy (non-hydrogen) atoms. The van der Waals surface area contributed by atoms with E-state index < -0.39 is 0 Å². The van der Waals surface area contributed by atoms with Crippen LogP contribution in [0.5, 0.6) is 0 Å². The fourth-order valence-electron chi connectivity index (χ4n) is 3.17. The summed E-state index contributed by atoms with van der Waals surface area (Å²) in [6.45, 7) is 7.70. The first-order valence-corrected chi connectivity index (χ1v) is 10.6. The maximum atomic E-state index is 13.5. The summed E-state index contributed by atoms with van der Waals surface area (Å²) in [6, 6.07) is 12.5. The number of H-pyrrole nitrogens is 1. The van der Waals surface area contributed by atoms with E-state index in [1.54, 1.807) is 12.1 Å². The summed E-state index contributed by atoms with van der Waals surface area (Å²) in [7, 11) is 0. The van der Waals surface area contributed by atoms with Crippen LogP contribution in [0, 0.1) is 11.7 Å². The molecule has 6 nitrogen and oxygen atoms in total. The first kappa shape index (κ1) is 22.3. The van der Waals surface area contributed by atoms with E-state index in [-0.39, 0.29) is 17.6 Å². The monoisotopic (exact) mass is 423 g/mol. The van der Waals surface area contributed by atoms with E-state index in [1.165, 1.54) is 6.07 Å². The number of halogens is 1. The van der Waals surface area contributed by atoms with Gasteiger partial charge in [0.2, 0.25) is 5.91 Å². The zero-order valence-electron chi connectivity index (χ0n) is 18.3. The Hall–Kier alpha value is -3.35. The van der Waals surface area contributed by atoms with E-state index >= 15 is 0 Å². The zero-order chi connectivity index (χ0) is 22.2. The minimum absolute atomic E-state index is 0.00217. The molecule has 1 aromatic heterocycles. The van der Waals surface area contributed by atoms with Crippen molar-refractivity contribution in [2.75, 3.05) is 18.4 Å². The van der Waals surface area contributed by atoms with Crippen LogP contribution in [0.1, 0.15) is 31.9 Å². The second-order valence-electron chi connectivity index (χ2n) is 7.72. The Labute approximate surface area is 182 Å². The minimum Gasteiger partial charge on any atom is -0.361 e. The number of nitrogens with zero attached hydrogens (tertiary/aromatic N) is 1. The number of fused-ring (bicyclic) bond motifs is 1. The highest BCUT2D eigenvalue weighted by Crippen LogP contribution is 2.19. The van der Waals surface area contributed by atoms with Crippen LogP contribution in [0.25, 0.3) is 10.9 Å². The molecule has 0 fully saturated rings. The fraction of sp³-hybridized carbons (Fsp3) is 0.333. The molecule has 0 unspecified atom stereocenters. The van der Waals surface area contributed by atoms with Gasteiger partial charge in [0.05, 0.1) is 6.54 Å². The van der Waals surface area contributed by atoms with Crippen molar-refractivity contribution >= 4 is 28.5 Å². The van der Waals surface area contributed by atoms with Gasteiger partial charge in [0.15, 0.2) is 5.96 Å². The van der Waals surface area contributed by atoms with E-state index in [9.17, 15) is 9.18 Å². The number of rotatable bonds is 8. The molecule has 0 aliphatic carbocycles. The number of carbonyl (C=O) groups is 1. The van der Waals surface area contributed by atoms with Crippen LogP contribution in [0.4, 0.5) is 10.1 Å². The molecular weight excluding hydrogens is 393 g/mol. The van der Waals surface area contributed by atoms with E-state index in [1.807, 2.05) is 51.2 Å². The minimum atomic E-state index is -0.231. The second kappa shape index (κ2) is 10.6. The molecule has 0 aliphatic rings. The third-order valence-electron chi connectivity index (χ3n) is 4.93. The number of benzene rings is 2. The molecule has 0 spiro atoms. The van der Waals surface area contributed by atoms with Crippen molar-refractivity contribution in [3.8, 4) is 0 Å². The smallest absolute Gasteiger partial charge is 0.226 e. The molecule has 0 saturated carbocycles.